The van der Waals surface area contributed by atoms with Crippen LogP contribution in [0.3, 0.4) is 0 Å². The maximum absolute atomic E-state index is 13.0. The number of nitrogens with zero attached hydrogens (tertiary/aromatic N) is 4. The normalized spacial score (nSPS) is 11.0. The number of hydrogen-bond acceptors (Lipinski definition) is 6. The Morgan fingerprint density at radius 1 is 0.963 bits per heavy atom. The Balaban J connectivity index is 1.59. The van der Waals surface area contributed by atoms with Gasteiger partial charge < -0.3 is 4.90 Å². The van der Waals surface area contributed by atoms with Crippen LogP contribution in [0.15, 0.2) is 64.1 Å². The van der Waals surface area contributed by atoms with Crippen molar-refractivity contribution in [1.29, 1.82) is 0 Å². The molecule has 0 spiro atoms. The summed E-state index contributed by atoms with van der Waals surface area (Å²) in [5.74, 6) is -0.163. The van der Waals surface area contributed by atoms with Crippen molar-refractivity contribution in [3.05, 3.63) is 79.4 Å². The van der Waals surface area contributed by atoms with Crippen LogP contribution in [0.5, 0.6) is 0 Å². The minimum Gasteiger partial charge on any atom is -0.331 e. The molecule has 0 aliphatic heterocycles. The van der Waals surface area contributed by atoms with Gasteiger partial charge in [-0.2, -0.15) is 0 Å². The standard InChI is InChI=1S/C19H16N4O2S2/c24-18(13-23-19(25)16-7-1-2-8-17(16)20-21-23)22(11-14-5-3-9-26-14)12-15-6-4-10-27-15/h1-10H,11-13H2. The molecule has 0 radical (unpaired) electrons. The van der Waals surface area contributed by atoms with Crippen LogP contribution in [-0.4, -0.2) is 25.8 Å². The summed E-state index contributed by atoms with van der Waals surface area (Å²) in [5.41, 5.74) is 0.223. The van der Waals surface area contributed by atoms with Gasteiger partial charge in [-0.05, 0) is 35.0 Å². The number of fused-ring (bicyclic) bond motifs is 1. The molecule has 1 amide bonds. The van der Waals surface area contributed by atoms with E-state index in [1.807, 2.05) is 35.0 Å². The maximum atomic E-state index is 13.0. The number of aromatic nitrogens is 3. The lowest BCUT2D eigenvalue weighted by molar-refractivity contribution is -0.133. The molecule has 0 aliphatic rings. The number of carbonyl (C=O) groups excluding carboxylic acids is 1. The number of carbonyl (C=O) groups is 1. The minimum absolute atomic E-state index is 0.132. The predicted octanol–water partition coefficient (Wildman–Crippen LogP) is 3.14. The molecule has 4 aromatic rings. The monoisotopic (exact) mass is 396 g/mol. The highest BCUT2D eigenvalue weighted by Gasteiger charge is 2.18. The maximum Gasteiger partial charge on any atom is 0.278 e. The minimum atomic E-state index is -0.304. The van der Waals surface area contributed by atoms with Gasteiger partial charge >= 0.3 is 0 Å². The Hall–Kier alpha value is -2.84. The van der Waals surface area contributed by atoms with E-state index in [9.17, 15) is 9.59 Å². The molecular weight excluding hydrogens is 380 g/mol. The van der Waals surface area contributed by atoms with Gasteiger partial charge in [-0.3, -0.25) is 9.59 Å². The predicted molar refractivity (Wildman–Crippen MR) is 107 cm³/mol. The van der Waals surface area contributed by atoms with Crippen molar-refractivity contribution < 1.29 is 4.79 Å². The third kappa shape index (κ3) is 3.96. The fraction of sp³-hybridized carbons (Fsp3) is 0.158. The van der Waals surface area contributed by atoms with Gasteiger partial charge in [0.1, 0.15) is 12.1 Å². The fourth-order valence-corrected chi connectivity index (χ4v) is 4.21. The molecule has 0 bridgehead atoms. The zero-order valence-corrected chi connectivity index (χ0v) is 15.9. The molecule has 27 heavy (non-hydrogen) atoms. The van der Waals surface area contributed by atoms with Crippen molar-refractivity contribution in [2.24, 2.45) is 0 Å². The van der Waals surface area contributed by atoms with Gasteiger partial charge in [-0.25, -0.2) is 4.68 Å². The van der Waals surface area contributed by atoms with E-state index in [-0.39, 0.29) is 18.0 Å². The summed E-state index contributed by atoms with van der Waals surface area (Å²) >= 11 is 3.21. The van der Waals surface area contributed by atoms with Gasteiger partial charge in [0.25, 0.3) is 5.56 Å². The second kappa shape index (κ2) is 7.81. The Morgan fingerprint density at radius 2 is 1.63 bits per heavy atom. The average molecular weight is 396 g/mol. The lowest BCUT2D eigenvalue weighted by Gasteiger charge is -2.21. The van der Waals surface area contributed by atoms with E-state index in [0.717, 1.165) is 14.4 Å². The molecule has 6 nitrogen and oxygen atoms in total. The summed E-state index contributed by atoms with van der Waals surface area (Å²) in [6.07, 6.45) is 0. The second-order valence-electron chi connectivity index (χ2n) is 5.98. The van der Waals surface area contributed by atoms with E-state index in [1.165, 1.54) is 0 Å². The fourth-order valence-electron chi connectivity index (χ4n) is 2.77. The lowest BCUT2D eigenvalue weighted by Crippen LogP contribution is -2.36. The first kappa shape index (κ1) is 17.6. The SMILES string of the molecule is O=C(Cn1nnc2ccccc2c1=O)N(Cc1cccs1)Cc1cccs1. The van der Waals surface area contributed by atoms with Crippen LogP contribution < -0.4 is 5.56 Å². The number of thiophene rings is 2. The third-order valence-electron chi connectivity index (χ3n) is 4.12. The van der Waals surface area contributed by atoms with E-state index in [0.29, 0.717) is 24.0 Å². The first-order valence-corrected chi connectivity index (χ1v) is 10.1. The van der Waals surface area contributed by atoms with Crippen LogP contribution in [0.25, 0.3) is 10.9 Å². The Bertz CT molecular complexity index is 1070. The van der Waals surface area contributed by atoms with E-state index >= 15 is 0 Å². The van der Waals surface area contributed by atoms with Crippen molar-refractivity contribution in [3.63, 3.8) is 0 Å². The molecule has 0 unspecified atom stereocenters. The zero-order valence-electron chi connectivity index (χ0n) is 14.3. The summed E-state index contributed by atoms with van der Waals surface area (Å²) < 4.78 is 1.14. The van der Waals surface area contributed by atoms with Gasteiger partial charge in [-0.1, -0.05) is 29.5 Å². The molecule has 3 heterocycles. The Labute approximate surface area is 163 Å². The van der Waals surface area contributed by atoms with Crippen LogP contribution in [0.4, 0.5) is 0 Å². The van der Waals surface area contributed by atoms with Crippen LogP contribution in [0.1, 0.15) is 9.75 Å². The van der Waals surface area contributed by atoms with E-state index in [2.05, 4.69) is 10.3 Å². The molecule has 0 aliphatic carbocycles. The number of benzene rings is 1. The third-order valence-corrected chi connectivity index (χ3v) is 5.84. The van der Waals surface area contributed by atoms with E-state index in [1.54, 1.807) is 51.8 Å². The van der Waals surface area contributed by atoms with Gasteiger partial charge in [-0.15, -0.1) is 27.8 Å². The van der Waals surface area contributed by atoms with Crippen LogP contribution >= 0.6 is 22.7 Å². The first-order valence-electron chi connectivity index (χ1n) is 8.36. The average Bonchev–Trinajstić information content (AvgIpc) is 3.38. The molecule has 0 saturated heterocycles. The van der Waals surface area contributed by atoms with Crippen LogP contribution in [-0.2, 0) is 24.4 Å². The molecule has 0 N–H and O–H groups in total. The van der Waals surface area contributed by atoms with E-state index < -0.39 is 0 Å². The molecule has 1 aromatic carbocycles. The zero-order chi connectivity index (χ0) is 18.6. The van der Waals surface area contributed by atoms with Crippen molar-refractivity contribution in [2.45, 2.75) is 19.6 Å². The van der Waals surface area contributed by atoms with Crippen molar-refractivity contribution in [2.75, 3.05) is 0 Å². The largest absolute Gasteiger partial charge is 0.331 e. The molecule has 4 rings (SSSR count). The highest BCUT2D eigenvalue weighted by molar-refractivity contribution is 7.10. The van der Waals surface area contributed by atoms with Crippen LogP contribution in [0.2, 0.25) is 0 Å². The quantitative estimate of drug-likeness (QED) is 0.502. The van der Waals surface area contributed by atoms with Gasteiger partial charge in [0.05, 0.1) is 18.5 Å². The molecule has 0 saturated carbocycles. The topological polar surface area (TPSA) is 68.1 Å². The Morgan fingerprint density at radius 3 is 2.26 bits per heavy atom. The van der Waals surface area contributed by atoms with Gasteiger partial charge in [0, 0.05) is 9.75 Å². The highest BCUT2D eigenvalue weighted by Crippen LogP contribution is 2.17. The first-order chi connectivity index (χ1) is 13.2. The van der Waals surface area contributed by atoms with Gasteiger partial charge in [0.15, 0.2) is 0 Å². The van der Waals surface area contributed by atoms with E-state index in [4.69, 9.17) is 0 Å². The number of amides is 1. The molecule has 0 atom stereocenters. The number of hydrogen-bond donors (Lipinski definition) is 0. The summed E-state index contributed by atoms with van der Waals surface area (Å²) in [7, 11) is 0. The van der Waals surface area contributed by atoms with Crippen molar-refractivity contribution in [3.8, 4) is 0 Å². The summed E-state index contributed by atoms with van der Waals surface area (Å²) in [5, 5.41) is 12.4. The summed E-state index contributed by atoms with van der Waals surface area (Å²) in [6.45, 7) is 0.877. The smallest absolute Gasteiger partial charge is 0.278 e. The van der Waals surface area contributed by atoms with Crippen molar-refractivity contribution >= 4 is 39.5 Å². The molecule has 3 aromatic heterocycles. The van der Waals surface area contributed by atoms with Gasteiger partial charge in [0.2, 0.25) is 5.91 Å². The number of rotatable bonds is 6. The summed E-state index contributed by atoms with van der Waals surface area (Å²) in [6, 6.07) is 14.9. The molecule has 136 valence electrons. The molecule has 8 heteroatoms. The second-order valence-corrected chi connectivity index (χ2v) is 8.04. The Kier molecular flexibility index (Phi) is 5.08. The highest BCUT2D eigenvalue weighted by atomic mass is 32.1. The lowest BCUT2D eigenvalue weighted by atomic mass is 10.2. The molecular formula is C19H16N4O2S2. The van der Waals surface area contributed by atoms with Crippen molar-refractivity contribution in [1.82, 2.24) is 19.9 Å². The molecule has 0 fully saturated rings. The summed E-state index contributed by atoms with van der Waals surface area (Å²) in [4.78, 5) is 29.5. The van der Waals surface area contributed by atoms with Crippen LogP contribution in [0, 0.1) is 0 Å².